The highest BCUT2D eigenvalue weighted by Crippen LogP contribution is 2.31. The van der Waals surface area contributed by atoms with Gasteiger partial charge < -0.3 is 15.4 Å². The van der Waals surface area contributed by atoms with E-state index >= 15 is 0 Å². The minimum atomic E-state index is 0.497. The van der Waals surface area contributed by atoms with E-state index in [9.17, 15) is 0 Å². The topological polar surface area (TPSA) is 51.4 Å². The first-order chi connectivity index (χ1) is 9.55. The number of nitrogens with two attached hydrogens (primary N) is 1. The number of benzene rings is 1. The highest BCUT2D eigenvalue weighted by Gasteiger charge is 2.14. The average molecular weight is 291 g/mol. The molecule has 0 radical (unpaired) electrons. The van der Waals surface area contributed by atoms with Crippen molar-refractivity contribution in [3.8, 4) is 0 Å². The summed E-state index contributed by atoms with van der Waals surface area (Å²) in [5, 5.41) is 0.947. The number of anilines is 2. The van der Waals surface area contributed by atoms with Crippen LogP contribution in [0.3, 0.4) is 0 Å². The molecular formula is C15H21N3OS. The molecule has 1 aromatic carbocycles. The number of hydrogen-bond acceptors (Lipinski definition) is 5. The Balaban J connectivity index is 2.34. The molecular weight excluding hydrogens is 270 g/mol. The minimum absolute atomic E-state index is 0.497. The van der Waals surface area contributed by atoms with Crippen LogP contribution < -0.4 is 10.6 Å². The fourth-order valence-electron chi connectivity index (χ4n) is 2.18. The third-order valence-electron chi connectivity index (χ3n) is 3.11. The third-order valence-corrected chi connectivity index (χ3v) is 4.31. The number of thiazole rings is 1. The number of nitrogens with zero attached hydrogens (tertiary/aromatic N) is 2. The summed E-state index contributed by atoms with van der Waals surface area (Å²) in [6.07, 6.45) is 0. The van der Waals surface area contributed by atoms with Crippen molar-refractivity contribution in [3.05, 3.63) is 39.9 Å². The van der Waals surface area contributed by atoms with Gasteiger partial charge in [0.1, 0.15) is 0 Å². The molecule has 0 unspecified atom stereocenters. The van der Waals surface area contributed by atoms with Crippen LogP contribution >= 0.6 is 11.3 Å². The number of ether oxygens (including phenoxy) is 1. The van der Waals surface area contributed by atoms with E-state index in [-0.39, 0.29) is 0 Å². The van der Waals surface area contributed by atoms with Gasteiger partial charge in [0.25, 0.3) is 0 Å². The van der Waals surface area contributed by atoms with Crippen LogP contribution in [0.25, 0.3) is 0 Å². The van der Waals surface area contributed by atoms with Crippen LogP contribution in [0.15, 0.2) is 18.2 Å². The normalized spacial score (nSPS) is 10.8. The first-order valence-electron chi connectivity index (χ1n) is 6.54. The molecule has 2 aromatic rings. The molecule has 4 nitrogen and oxygen atoms in total. The zero-order valence-electron chi connectivity index (χ0n) is 12.4. The van der Waals surface area contributed by atoms with Crippen molar-refractivity contribution in [3.63, 3.8) is 0 Å². The van der Waals surface area contributed by atoms with Gasteiger partial charge in [-0.1, -0.05) is 17.4 Å². The molecule has 0 bridgehead atoms. The second-order valence-electron chi connectivity index (χ2n) is 4.91. The molecule has 0 amide bonds. The largest absolute Gasteiger partial charge is 0.378 e. The molecule has 108 valence electrons. The lowest BCUT2D eigenvalue weighted by molar-refractivity contribution is 0.181. The van der Waals surface area contributed by atoms with Gasteiger partial charge in [0, 0.05) is 31.3 Å². The van der Waals surface area contributed by atoms with Crippen molar-refractivity contribution in [2.24, 2.45) is 5.73 Å². The Morgan fingerprint density at radius 1 is 1.25 bits per heavy atom. The van der Waals surface area contributed by atoms with Gasteiger partial charge in [0.15, 0.2) is 5.13 Å². The predicted octanol–water partition coefficient (Wildman–Crippen LogP) is 3.13. The van der Waals surface area contributed by atoms with Crippen LogP contribution in [0.2, 0.25) is 0 Å². The summed E-state index contributed by atoms with van der Waals surface area (Å²) in [7, 11) is 3.71. The Kier molecular flexibility index (Phi) is 4.75. The second kappa shape index (κ2) is 6.35. The van der Waals surface area contributed by atoms with Crippen LogP contribution in [0.4, 0.5) is 10.8 Å². The van der Waals surface area contributed by atoms with Crippen molar-refractivity contribution in [2.75, 3.05) is 19.1 Å². The smallest absolute Gasteiger partial charge is 0.190 e. The monoisotopic (exact) mass is 291 g/mol. The Labute approximate surface area is 124 Å². The molecule has 0 saturated carbocycles. The lowest BCUT2D eigenvalue weighted by Crippen LogP contribution is -2.09. The molecule has 0 fully saturated rings. The van der Waals surface area contributed by atoms with E-state index in [1.54, 1.807) is 18.4 Å². The number of hydrogen-bond donors (Lipinski definition) is 1. The summed E-state index contributed by atoms with van der Waals surface area (Å²) < 4.78 is 5.18. The third kappa shape index (κ3) is 3.17. The van der Waals surface area contributed by atoms with Crippen LogP contribution in [-0.2, 0) is 17.9 Å². The van der Waals surface area contributed by atoms with E-state index in [2.05, 4.69) is 41.9 Å². The maximum Gasteiger partial charge on any atom is 0.190 e. The van der Waals surface area contributed by atoms with Crippen LogP contribution in [0.5, 0.6) is 0 Å². The number of rotatable bonds is 5. The lowest BCUT2D eigenvalue weighted by atomic mass is 10.1. The Morgan fingerprint density at radius 3 is 2.45 bits per heavy atom. The van der Waals surface area contributed by atoms with Crippen LogP contribution in [0, 0.1) is 13.8 Å². The fraction of sp³-hybridized carbons (Fsp3) is 0.400. The highest BCUT2D eigenvalue weighted by atomic mass is 32.1. The van der Waals surface area contributed by atoms with Gasteiger partial charge >= 0.3 is 0 Å². The Morgan fingerprint density at radius 2 is 1.90 bits per heavy atom. The van der Waals surface area contributed by atoms with Gasteiger partial charge in [-0.05, 0) is 37.1 Å². The summed E-state index contributed by atoms with van der Waals surface area (Å²) >= 11 is 1.62. The number of aromatic nitrogens is 1. The first kappa shape index (κ1) is 15.0. The number of aryl methyl sites for hydroxylation is 2. The average Bonchev–Trinajstić information content (AvgIpc) is 2.80. The Hall–Kier alpha value is -1.43. The summed E-state index contributed by atoms with van der Waals surface area (Å²) in [5.41, 5.74) is 10.4. The Bertz CT molecular complexity index is 575. The maximum absolute atomic E-state index is 5.78. The molecule has 2 rings (SSSR count). The quantitative estimate of drug-likeness (QED) is 0.919. The second-order valence-corrected chi connectivity index (χ2v) is 5.97. The van der Waals surface area contributed by atoms with Gasteiger partial charge in [-0.15, -0.1) is 0 Å². The van der Waals surface area contributed by atoms with E-state index in [4.69, 9.17) is 10.5 Å². The molecule has 1 aromatic heterocycles. The van der Waals surface area contributed by atoms with Gasteiger partial charge in [0.2, 0.25) is 0 Å². The van der Waals surface area contributed by atoms with Gasteiger partial charge in [-0.25, -0.2) is 4.98 Å². The molecule has 1 heterocycles. The molecule has 0 aliphatic heterocycles. The molecule has 0 spiro atoms. The maximum atomic E-state index is 5.78. The summed E-state index contributed by atoms with van der Waals surface area (Å²) in [5.74, 6) is 0. The molecule has 20 heavy (non-hydrogen) atoms. The zero-order chi connectivity index (χ0) is 14.7. The van der Waals surface area contributed by atoms with Gasteiger partial charge in [-0.3, -0.25) is 0 Å². The van der Waals surface area contributed by atoms with Gasteiger partial charge in [0.05, 0.1) is 12.3 Å². The van der Waals surface area contributed by atoms with Crippen LogP contribution in [-0.4, -0.2) is 19.1 Å². The molecule has 2 N–H and O–H groups in total. The number of methoxy groups -OCH3 is 1. The molecule has 0 atom stereocenters. The van der Waals surface area contributed by atoms with E-state index in [1.165, 1.54) is 11.1 Å². The van der Waals surface area contributed by atoms with Crippen molar-refractivity contribution in [1.29, 1.82) is 0 Å². The molecule has 0 aliphatic carbocycles. The summed E-state index contributed by atoms with van der Waals surface area (Å²) in [6.45, 7) is 5.21. The summed E-state index contributed by atoms with van der Waals surface area (Å²) in [4.78, 5) is 7.83. The first-order valence-corrected chi connectivity index (χ1v) is 7.36. The molecule has 0 saturated heterocycles. The lowest BCUT2D eigenvalue weighted by Gasteiger charge is -2.17. The van der Waals surface area contributed by atoms with Crippen molar-refractivity contribution < 1.29 is 4.74 Å². The van der Waals surface area contributed by atoms with E-state index in [0.29, 0.717) is 13.2 Å². The van der Waals surface area contributed by atoms with E-state index < -0.39 is 0 Å². The minimum Gasteiger partial charge on any atom is -0.378 e. The van der Waals surface area contributed by atoms with Gasteiger partial charge in [-0.2, -0.15) is 0 Å². The van der Waals surface area contributed by atoms with Crippen molar-refractivity contribution in [1.82, 2.24) is 4.98 Å². The zero-order valence-corrected chi connectivity index (χ0v) is 13.3. The van der Waals surface area contributed by atoms with Crippen molar-refractivity contribution in [2.45, 2.75) is 27.0 Å². The fourth-order valence-corrected chi connectivity index (χ4v) is 3.10. The summed E-state index contributed by atoms with van der Waals surface area (Å²) in [6, 6.07) is 6.49. The predicted molar refractivity (Wildman–Crippen MR) is 84.7 cm³/mol. The molecule has 5 heteroatoms. The van der Waals surface area contributed by atoms with Crippen molar-refractivity contribution >= 4 is 22.2 Å². The standard InChI is InChI=1S/C15H21N3OS/c1-10-5-11(2)7-12(6-10)18(3)15-17-13(9-19-4)14(8-16)20-15/h5-7H,8-9,16H2,1-4H3. The highest BCUT2D eigenvalue weighted by molar-refractivity contribution is 7.15. The van der Waals surface area contributed by atoms with E-state index in [0.717, 1.165) is 21.4 Å². The SMILES string of the molecule is COCc1nc(N(C)c2cc(C)cc(C)c2)sc1CN. The van der Waals surface area contributed by atoms with E-state index in [1.807, 2.05) is 7.05 Å². The van der Waals surface area contributed by atoms with Crippen LogP contribution in [0.1, 0.15) is 21.7 Å². The molecule has 0 aliphatic rings.